The molecule has 2 aliphatic rings. The molecule has 0 aliphatic carbocycles. The van der Waals surface area contributed by atoms with Gasteiger partial charge in [-0.05, 0) is 48.4 Å². The van der Waals surface area contributed by atoms with E-state index in [2.05, 4.69) is 0 Å². The first-order chi connectivity index (χ1) is 18.0. The number of carbonyl (C=O) groups is 3. The fraction of sp³-hybridized carbons (Fsp3) is 0.207. The summed E-state index contributed by atoms with van der Waals surface area (Å²) >= 11 is 0. The standard InChI is InChI=1S/C29H25NO7/c1-2-35-29(34)20-10-8-18(9-11-20)17-30-25(19-6-4-3-5-7-19)24(27(32)28(30)33)26(31)21-12-13-22-23(16-21)37-15-14-36-22/h3-13,16,25,31H,2,14-15,17H2,1H3/b26-24-. The smallest absolute Gasteiger partial charge is 0.338 e. The van der Waals surface area contributed by atoms with Crippen LogP contribution in [-0.2, 0) is 20.9 Å². The summed E-state index contributed by atoms with van der Waals surface area (Å²) < 4.78 is 16.2. The van der Waals surface area contributed by atoms with Crippen LogP contribution in [0.2, 0.25) is 0 Å². The van der Waals surface area contributed by atoms with Crippen molar-refractivity contribution in [2.24, 2.45) is 0 Å². The summed E-state index contributed by atoms with van der Waals surface area (Å²) in [6.45, 7) is 2.91. The largest absolute Gasteiger partial charge is 0.507 e. The van der Waals surface area contributed by atoms with Crippen LogP contribution in [0, 0.1) is 0 Å². The summed E-state index contributed by atoms with van der Waals surface area (Å²) in [5, 5.41) is 11.3. The molecule has 1 amide bonds. The Kier molecular flexibility index (Phi) is 6.64. The third kappa shape index (κ3) is 4.65. The maximum absolute atomic E-state index is 13.3. The molecule has 3 aromatic rings. The minimum atomic E-state index is -0.806. The summed E-state index contributed by atoms with van der Waals surface area (Å²) in [6, 6.07) is 19.9. The Morgan fingerprint density at radius 1 is 0.946 bits per heavy atom. The Balaban J connectivity index is 1.53. The number of fused-ring (bicyclic) bond motifs is 1. The molecule has 0 spiro atoms. The summed E-state index contributed by atoms with van der Waals surface area (Å²) in [5.41, 5.74) is 2.14. The highest BCUT2D eigenvalue weighted by atomic mass is 16.6. The van der Waals surface area contributed by atoms with Crippen LogP contribution in [0.15, 0.2) is 78.4 Å². The molecule has 2 aliphatic heterocycles. The van der Waals surface area contributed by atoms with Gasteiger partial charge in [0.25, 0.3) is 11.7 Å². The Labute approximate surface area is 213 Å². The molecule has 1 unspecified atom stereocenters. The van der Waals surface area contributed by atoms with Crippen LogP contribution in [0.1, 0.15) is 40.0 Å². The van der Waals surface area contributed by atoms with Crippen molar-refractivity contribution in [2.75, 3.05) is 19.8 Å². The highest BCUT2D eigenvalue weighted by Gasteiger charge is 2.46. The van der Waals surface area contributed by atoms with Crippen molar-refractivity contribution in [1.29, 1.82) is 0 Å². The van der Waals surface area contributed by atoms with Gasteiger partial charge >= 0.3 is 5.97 Å². The van der Waals surface area contributed by atoms with E-state index in [-0.39, 0.29) is 24.5 Å². The minimum Gasteiger partial charge on any atom is -0.507 e. The molecule has 0 bridgehead atoms. The topological polar surface area (TPSA) is 102 Å². The van der Waals surface area contributed by atoms with Crippen LogP contribution in [0.3, 0.4) is 0 Å². The molecule has 1 atom stereocenters. The van der Waals surface area contributed by atoms with Gasteiger partial charge in [-0.1, -0.05) is 42.5 Å². The molecule has 1 fully saturated rings. The first-order valence-electron chi connectivity index (χ1n) is 12.0. The number of rotatable bonds is 6. The van der Waals surface area contributed by atoms with E-state index in [0.29, 0.717) is 41.4 Å². The zero-order valence-corrected chi connectivity index (χ0v) is 20.2. The maximum atomic E-state index is 13.3. The molecule has 37 heavy (non-hydrogen) atoms. The summed E-state index contributed by atoms with van der Waals surface area (Å²) in [6.07, 6.45) is 0. The molecular weight excluding hydrogens is 474 g/mol. The Bertz CT molecular complexity index is 1380. The van der Waals surface area contributed by atoms with E-state index in [1.165, 1.54) is 4.90 Å². The first-order valence-corrected chi connectivity index (χ1v) is 12.0. The predicted octanol–water partition coefficient (Wildman–Crippen LogP) is 4.26. The van der Waals surface area contributed by atoms with E-state index in [4.69, 9.17) is 14.2 Å². The van der Waals surface area contributed by atoms with Crippen LogP contribution >= 0.6 is 0 Å². The molecule has 1 N–H and O–H groups in total. The molecule has 3 aromatic carbocycles. The van der Waals surface area contributed by atoms with Gasteiger partial charge in [-0.25, -0.2) is 4.79 Å². The molecule has 8 heteroatoms. The number of Topliss-reactive ketones (excluding diaryl/α,β-unsaturated/α-hetero) is 1. The number of carbonyl (C=O) groups excluding carboxylic acids is 3. The number of esters is 1. The summed E-state index contributed by atoms with van der Waals surface area (Å²) in [7, 11) is 0. The lowest BCUT2D eigenvalue weighted by Gasteiger charge is -2.25. The van der Waals surface area contributed by atoms with Crippen molar-refractivity contribution in [3.63, 3.8) is 0 Å². The lowest BCUT2D eigenvalue weighted by atomic mass is 9.95. The van der Waals surface area contributed by atoms with E-state index >= 15 is 0 Å². The minimum absolute atomic E-state index is 0.00368. The third-order valence-corrected chi connectivity index (χ3v) is 6.29. The molecular formula is C29H25NO7. The van der Waals surface area contributed by atoms with Crippen molar-refractivity contribution in [1.82, 2.24) is 4.90 Å². The summed E-state index contributed by atoms with van der Waals surface area (Å²) in [5.74, 6) is -1.20. The van der Waals surface area contributed by atoms with Crippen LogP contribution < -0.4 is 9.47 Å². The average molecular weight is 500 g/mol. The Morgan fingerprint density at radius 2 is 1.62 bits per heavy atom. The number of ether oxygens (including phenoxy) is 3. The fourth-order valence-electron chi connectivity index (χ4n) is 4.53. The zero-order chi connectivity index (χ0) is 25.9. The van der Waals surface area contributed by atoms with E-state index in [9.17, 15) is 19.5 Å². The monoisotopic (exact) mass is 499 g/mol. The number of hydrogen-bond donors (Lipinski definition) is 1. The molecule has 0 saturated carbocycles. The quantitative estimate of drug-likeness (QED) is 0.234. The maximum Gasteiger partial charge on any atom is 0.338 e. The second-order valence-electron chi connectivity index (χ2n) is 8.61. The van der Waals surface area contributed by atoms with Gasteiger partial charge in [-0.2, -0.15) is 0 Å². The first kappa shape index (κ1) is 24.1. The van der Waals surface area contributed by atoms with Crippen LogP contribution in [-0.4, -0.2) is 47.5 Å². The second-order valence-corrected chi connectivity index (χ2v) is 8.61. The van der Waals surface area contributed by atoms with E-state index < -0.39 is 23.7 Å². The highest BCUT2D eigenvalue weighted by Crippen LogP contribution is 2.41. The zero-order valence-electron chi connectivity index (χ0n) is 20.2. The van der Waals surface area contributed by atoms with E-state index in [0.717, 1.165) is 5.56 Å². The van der Waals surface area contributed by atoms with Gasteiger partial charge in [0.15, 0.2) is 11.5 Å². The van der Waals surface area contributed by atoms with Gasteiger partial charge in [0.1, 0.15) is 19.0 Å². The summed E-state index contributed by atoms with van der Waals surface area (Å²) in [4.78, 5) is 40.0. The van der Waals surface area contributed by atoms with Crippen LogP contribution in [0.5, 0.6) is 11.5 Å². The van der Waals surface area contributed by atoms with Crippen molar-refractivity contribution in [2.45, 2.75) is 19.5 Å². The van der Waals surface area contributed by atoms with Gasteiger partial charge in [-0.15, -0.1) is 0 Å². The van der Waals surface area contributed by atoms with Gasteiger partial charge < -0.3 is 24.2 Å². The number of amides is 1. The molecule has 1 saturated heterocycles. The van der Waals surface area contributed by atoms with Gasteiger partial charge in [0.05, 0.1) is 23.8 Å². The number of hydrogen-bond acceptors (Lipinski definition) is 7. The number of aliphatic hydroxyl groups excluding tert-OH is 1. The third-order valence-electron chi connectivity index (χ3n) is 6.29. The molecule has 8 nitrogen and oxygen atoms in total. The molecule has 5 rings (SSSR count). The van der Waals surface area contributed by atoms with Gasteiger partial charge in [0, 0.05) is 12.1 Å². The lowest BCUT2D eigenvalue weighted by molar-refractivity contribution is -0.140. The molecule has 2 heterocycles. The number of ketones is 1. The average Bonchev–Trinajstić information content (AvgIpc) is 3.18. The number of benzene rings is 3. The molecule has 0 radical (unpaired) electrons. The van der Waals surface area contributed by atoms with Gasteiger partial charge in [0.2, 0.25) is 0 Å². The highest BCUT2D eigenvalue weighted by molar-refractivity contribution is 6.46. The second kappa shape index (κ2) is 10.2. The van der Waals surface area contributed by atoms with Crippen molar-refractivity contribution >= 4 is 23.4 Å². The number of aliphatic hydroxyl groups is 1. The van der Waals surface area contributed by atoms with E-state index in [1.54, 1.807) is 49.4 Å². The van der Waals surface area contributed by atoms with E-state index in [1.807, 2.05) is 30.3 Å². The van der Waals surface area contributed by atoms with Crippen LogP contribution in [0.25, 0.3) is 5.76 Å². The van der Waals surface area contributed by atoms with Crippen molar-refractivity contribution in [3.05, 3.63) is 101 Å². The van der Waals surface area contributed by atoms with Crippen LogP contribution in [0.4, 0.5) is 0 Å². The Hall–Kier alpha value is -4.59. The predicted molar refractivity (Wildman–Crippen MR) is 134 cm³/mol. The Morgan fingerprint density at radius 3 is 2.32 bits per heavy atom. The van der Waals surface area contributed by atoms with Crippen molar-refractivity contribution in [3.8, 4) is 11.5 Å². The fourth-order valence-corrected chi connectivity index (χ4v) is 4.53. The van der Waals surface area contributed by atoms with Crippen molar-refractivity contribution < 1.29 is 33.7 Å². The number of likely N-dealkylation sites (tertiary alicyclic amines) is 1. The normalized spacial score (nSPS) is 18.1. The SMILES string of the molecule is CCOC(=O)c1ccc(CN2C(=O)C(=O)/C(=C(\O)c3ccc4c(c3)OCCO4)C2c2ccccc2)cc1. The van der Waals surface area contributed by atoms with Gasteiger partial charge in [-0.3, -0.25) is 9.59 Å². The lowest BCUT2D eigenvalue weighted by Crippen LogP contribution is -2.29. The number of nitrogens with zero attached hydrogens (tertiary/aromatic N) is 1. The molecule has 188 valence electrons. The molecule has 0 aromatic heterocycles.